The van der Waals surface area contributed by atoms with E-state index in [1.54, 1.807) is 0 Å². The van der Waals surface area contributed by atoms with Gasteiger partial charge in [-0.2, -0.15) is 0 Å². The molecule has 0 aliphatic rings. The molecular weight excluding hydrogens is 806 g/mol. The fourth-order valence-electron chi connectivity index (χ4n) is 6.54. The number of carbonyl (C=O) groups excluding carboxylic acids is 1. The molecule has 0 spiro atoms. The van der Waals surface area contributed by atoms with Gasteiger partial charge in [0.15, 0.2) is 0 Å². The smallest absolute Gasteiger partial charge is 0.306 e. The first-order valence-electron chi connectivity index (χ1n) is 25.3. The van der Waals surface area contributed by atoms with Crippen LogP contribution in [0.4, 0.5) is 0 Å². The molecular formula is C54H96NO7P. The number of nitrogens with zero attached hydrogens (tertiary/aromatic N) is 1. The van der Waals surface area contributed by atoms with Gasteiger partial charge >= 0.3 is 5.97 Å². The molecule has 0 aromatic rings. The summed E-state index contributed by atoms with van der Waals surface area (Å²) in [4.78, 5) is 25.1. The van der Waals surface area contributed by atoms with E-state index in [4.69, 9.17) is 18.5 Å². The standard InChI is InChI=1S/C54H96NO7P/c1-6-8-10-12-14-16-18-20-22-23-24-25-26-27-28-29-30-31-32-34-36-38-40-42-44-46-49-59-51-53(52-61-63(57,58)60-50-48-55(3,4)5)62-54(56)47-45-43-41-39-37-35-33-21-19-17-15-13-11-9-7-2/h9,11,15,17-18,20-21,23-24,26-27,33,37,39,53H,6-8,10,12-14,16,19,22,25,28-32,34-36,38,40-52H2,1-5H3/b11-9-,17-15-,20-18-,24-23-,27-26-,33-21-,39-37-. The normalized spacial score (nSPS) is 14.3. The van der Waals surface area contributed by atoms with E-state index < -0.39 is 13.9 Å². The predicted octanol–water partition coefficient (Wildman–Crippen LogP) is 15.0. The molecule has 0 heterocycles. The Labute approximate surface area is 388 Å². The Morgan fingerprint density at radius 2 is 0.921 bits per heavy atom. The molecule has 0 aromatic heterocycles. The molecule has 0 aliphatic carbocycles. The zero-order valence-electron chi connectivity index (χ0n) is 41.2. The number of rotatable bonds is 46. The molecule has 9 heteroatoms. The van der Waals surface area contributed by atoms with Crippen molar-refractivity contribution < 1.29 is 37.3 Å². The summed E-state index contributed by atoms with van der Waals surface area (Å²) < 4.78 is 34.6. The van der Waals surface area contributed by atoms with Gasteiger partial charge in [-0.05, 0) is 89.9 Å². The number of quaternary nitrogens is 1. The minimum Gasteiger partial charge on any atom is -0.756 e. The molecule has 0 amide bonds. The quantitative estimate of drug-likeness (QED) is 0.0197. The topological polar surface area (TPSA) is 94.1 Å². The van der Waals surface area contributed by atoms with Crippen molar-refractivity contribution in [3.05, 3.63) is 85.1 Å². The molecule has 2 unspecified atom stereocenters. The summed E-state index contributed by atoms with van der Waals surface area (Å²) in [5.41, 5.74) is 0. The molecule has 63 heavy (non-hydrogen) atoms. The van der Waals surface area contributed by atoms with Crippen LogP contribution in [-0.4, -0.2) is 70.7 Å². The Morgan fingerprint density at radius 3 is 1.38 bits per heavy atom. The van der Waals surface area contributed by atoms with Gasteiger partial charge in [-0.15, -0.1) is 0 Å². The van der Waals surface area contributed by atoms with Crippen molar-refractivity contribution >= 4 is 13.8 Å². The lowest BCUT2D eigenvalue weighted by atomic mass is 10.1. The van der Waals surface area contributed by atoms with Gasteiger partial charge in [0, 0.05) is 13.0 Å². The van der Waals surface area contributed by atoms with E-state index in [9.17, 15) is 14.3 Å². The highest BCUT2D eigenvalue weighted by Gasteiger charge is 2.20. The van der Waals surface area contributed by atoms with Gasteiger partial charge < -0.3 is 27.9 Å². The van der Waals surface area contributed by atoms with Crippen molar-refractivity contribution in [1.82, 2.24) is 0 Å². The van der Waals surface area contributed by atoms with Gasteiger partial charge in [0.1, 0.15) is 19.3 Å². The molecule has 0 aliphatic heterocycles. The van der Waals surface area contributed by atoms with E-state index in [1.165, 1.54) is 103 Å². The number of hydrogen-bond donors (Lipinski definition) is 0. The summed E-state index contributed by atoms with van der Waals surface area (Å²) in [5.74, 6) is -0.377. The van der Waals surface area contributed by atoms with Crippen molar-refractivity contribution in [2.75, 3.05) is 54.1 Å². The van der Waals surface area contributed by atoms with E-state index in [2.05, 4.69) is 98.9 Å². The van der Waals surface area contributed by atoms with Gasteiger partial charge in [-0.3, -0.25) is 9.36 Å². The summed E-state index contributed by atoms with van der Waals surface area (Å²) in [5, 5.41) is 0. The van der Waals surface area contributed by atoms with Crippen LogP contribution in [-0.2, 0) is 27.9 Å². The van der Waals surface area contributed by atoms with Crippen LogP contribution in [0.15, 0.2) is 85.1 Å². The largest absolute Gasteiger partial charge is 0.756 e. The fourth-order valence-corrected chi connectivity index (χ4v) is 7.27. The number of phosphoric ester groups is 1. The molecule has 0 fully saturated rings. The third kappa shape index (κ3) is 50.5. The van der Waals surface area contributed by atoms with Crippen molar-refractivity contribution in [1.29, 1.82) is 0 Å². The maximum absolute atomic E-state index is 12.7. The van der Waals surface area contributed by atoms with Gasteiger partial charge in [0.25, 0.3) is 7.82 Å². The summed E-state index contributed by atoms with van der Waals surface area (Å²) in [6, 6.07) is 0. The molecule has 0 saturated carbocycles. The summed E-state index contributed by atoms with van der Waals surface area (Å²) >= 11 is 0. The summed E-state index contributed by atoms with van der Waals surface area (Å²) in [7, 11) is 1.32. The lowest BCUT2D eigenvalue weighted by molar-refractivity contribution is -0.870. The van der Waals surface area contributed by atoms with E-state index in [0.29, 0.717) is 24.1 Å². The Bertz CT molecular complexity index is 1280. The van der Waals surface area contributed by atoms with Crippen LogP contribution in [0.3, 0.4) is 0 Å². The number of hydrogen-bond acceptors (Lipinski definition) is 7. The number of unbranched alkanes of at least 4 members (excludes halogenated alkanes) is 18. The van der Waals surface area contributed by atoms with Crippen molar-refractivity contribution in [3.63, 3.8) is 0 Å². The van der Waals surface area contributed by atoms with E-state index in [1.807, 2.05) is 21.1 Å². The van der Waals surface area contributed by atoms with E-state index in [0.717, 1.165) is 64.2 Å². The highest BCUT2D eigenvalue weighted by molar-refractivity contribution is 7.45. The highest BCUT2D eigenvalue weighted by atomic mass is 31.2. The number of carbonyl (C=O) groups is 1. The molecule has 8 nitrogen and oxygen atoms in total. The highest BCUT2D eigenvalue weighted by Crippen LogP contribution is 2.38. The zero-order chi connectivity index (χ0) is 46.2. The number of ether oxygens (including phenoxy) is 2. The predicted molar refractivity (Wildman–Crippen MR) is 268 cm³/mol. The first-order chi connectivity index (χ1) is 30.6. The van der Waals surface area contributed by atoms with Crippen molar-refractivity contribution in [3.8, 4) is 0 Å². The Hall–Kier alpha value is -2.32. The lowest BCUT2D eigenvalue weighted by Crippen LogP contribution is -2.37. The van der Waals surface area contributed by atoms with Gasteiger partial charge in [0.2, 0.25) is 0 Å². The minimum atomic E-state index is -4.55. The van der Waals surface area contributed by atoms with Gasteiger partial charge in [-0.1, -0.05) is 182 Å². The number of phosphoric acid groups is 1. The molecule has 0 saturated heterocycles. The second-order valence-corrected chi connectivity index (χ2v) is 19.2. The van der Waals surface area contributed by atoms with Crippen LogP contribution in [0.1, 0.15) is 194 Å². The number of esters is 1. The molecule has 364 valence electrons. The van der Waals surface area contributed by atoms with E-state index in [-0.39, 0.29) is 32.2 Å². The second kappa shape index (κ2) is 46.2. The Balaban J connectivity index is 4.16. The molecule has 0 bridgehead atoms. The van der Waals surface area contributed by atoms with Crippen LogP contribution in [0, 0.1) is 0 Å². The van der Waals surface area contributed by atoms with E-state index >= 15 is 0 Å². The molecule has 0 radical (unpaired) electrons. The summed E-state index contributed by atoms with van der Waals surface area (Å²) in [6.07, 6.45) is 61.9. The molecule has 2 atom stereocenters. The van der Waals surface area contributed by atoms with Crippen LogP contribution in [0.5, 0.6) is 0 Å². The van der Waals surface area contributed by atoms with Gasteiger partial charge in [-0.25, -0.2) is 0 Å². The van der Waals surface area contributed by atoms with Crippen LogP contribution in [0.2, 0.25) is 0 Å². The third-order valence-electron chi connectivity index (χ3n) is 10.4. The maximum atomic E-state index is 12.7. The first-order valence-corrected chi connectivity index (χ1v) is 26.8. The zero-order valence-corrected chi connectivity index (χ0v) is 42.1. The molecule has 0 rings (SSSR count). The SMILES string of the molecule is CC/C=C\C/C=C\C/C=C\C/C=C\CCCCC(=O)OC(COCCCCCCCCCCCCC/C=C\C/C=C\C/C=C\CCCCCCC)COP(=O)([O-])OCC[N+](C)(C)C. The second-order valence-electron chi connectivity index (χ2n) is 17.8. The van der Waals surface area contributed by atoms with Crippen LogP contribution in [0.25, 0.3) is 0 Å². The Morgan fingerprint density at radius 1 is 0.508 bits per heavy atom. The maximum Gasteiger partial charge on any atom is 0.306 e. The average Bonchev–Trinajstić information content (AvgIpc) is 3.24. The monoisotopic (exact) mass is 902 g/mol. The summed E-state index contributed by atoms with van der Waals surface area (Å²) in [6.45, 7) is 5.21. The average molecular weight is 902 g/mol. The fraction of sp³-hybridized carbons (Fsp3) is 0.722. The third-order valence-corrected chi connectivity index (χ3v) is 11.4. The van der Waals surface area contributed by atoms with Crippen LogP contribution < -0.4 is 4.89 Å². The van der Waals surface area contributed by atoms with Gasteiger partial charge in [0.05, 0.1) is 34.4 Å². The Kier molecular flexibility index (Phi) is 44.5. The molecule has 0 aromatic carbocycles. The molecule has 0 N–H and O–H groups in total. The van der Waals surface area contributed by atoms with Crippen LogP contribution >= 0.6 is 7.82 Å². The number of likely N-dealkylation sites (N-methyl/N-ethyl adjacent to an activating group) is 1. The first kappa shape index (κ1) is 60.7. The lowest BCUT2D eigenvalue weighted by Gasteiger charge is -2.28. The van der Waals surface area contributed by atoms with Crippen molar-refractivity contribution in [2.24, 2.45) is 0 Å². The number of allylic oxidation sites excluding steroid dienone is 14. The minimum absolute atomic E-state index is 0.0132. The van der Waals surface area contributed by atoms with Crippen molar-refractivity contribution in [2.45, 2.75) is 200 Å².